The predicted molar refractivity (Wildman–Crippen MR) is 160 cm³/mol. The van der Waals surface area contributed by atoms with Gasteiger partial charge in [-0.25, -0.2) is 4.98 Å². The molecule has 0 radical (unpaired) electrons. The molecule has 3 aromatic carbocycles. The van der Waals surface area contributed by atoms with Crippen molar-refractivity contribution in [2.75, 3.05) is 4.90 Å². The maximum absolute atomic E-state index is 14.0. The first kappa shape index (κ1) is 26.4. The van der Waals surface area contributed by atoms with Crippen molar-refractivity contribution < 1.29 is 14.7 Å². The third-order valence-electron chi connectivity index (χ3n) is 6.77. The summed E-state index contributed by atoms with van der Waals surface area (Å²) in [7, 11) is 0. The normalized spacial score (nSPS) is 15.4. The highest BCUT2D eigenvalue weighted by Gasteiger charge is 2.47. The maximum Gasteiger partial charge on any atom is 0.296 e. The molecule has 0 saturated heterocycles. The second kappa shape index (κ2) is 10.6. The van der Waals surface area contributed by atoms with Crippen LogP contribution >= 0.6 is 34.4 Å². The number of thioether (sulfide) groups is 1. The zero-order chi connectivity index (χ0) is 28.0. The van der Waals surface area contributed by atoms with Crippen LogP contribution in [0.3, 0.4) is 0 Å². The van der Waals surface area contributed by atoms with Gasteiger partial charge in [0.2, 0.25) is 10.9 Å². The number of aromatic nitrogens is 3. The number of anilines is 1. The van der Waals surface area contributed by atoms with E-state index >= 15 is 0 Å². The van der Waals surface area contributed by atoms with Gasteiger partial charge in [0.15, 0.2) is 10.1 Å². The Balaban J connectivity index is 1.42. The van der Waals surface area contributed by atoms with Gasteiger partial charge in [0.25, 0.3) is 5.91 Å². The van der Waals surface area contributed by atoms with Gasteiger partial charge in [0.1, 0.15) is 0 Å². The van der Waals surface area contributed by atoms with E-state index in [1.165, 1.54) is 44.9 Å². The average molecular weight is 585 g/mol. The van der Waals surface area contributed by atoms with Crippen molar-refractivity contribution in [3.05, 3.63) is 110 Å². The summed E-state index contributed by atoms with van der Waals surface area (Å²) in [4.78, 5) is 33.8. The summed E-state index contributed by atoms with van der Waals surface area (Å²) < 4.78 is 0.688. The van der Waals surface area contributed by atoms with E-state index in [2.05, 4.69) is 39.4 Å². The number of ketones is 1. The summed E-state index contributed by atoms with van der Waals surface area (Å²) in [6.45, 7) is 5.64. The van der Waals surface area contributed by atoms with Gasteiger partial charge < -0.3 is 5.11 Å². The molecule has 1 aliphatic heterocycles. The molecule has 6 rings (SSSR count). The Morgan fingerprint density at radius 1 is 0.975 bits per heavy atom. The SMILES string of the molecule is Cc1ccc(CSc2nnc(N3C(=O)C(O)=C(C(=O)c4sc(C)nc4C)C3c3cccc4ccccc34)s2)cc1. The lowest BCUT2D eigenvalue weighted by atomic mass is 9.91. The van der Waals surface area contributed by atoms with Crippen LogP contribution in [0.25, 0.3) is 10.8 Å². The number of hydrogen-bond donors (Lipinski definition) is 1. The van der Waals surface area contributed by atoms with Crippen molar-refractivity contribution in [3.63, 3.8) is 0 Å². The van der Waals surface area contributed by atoms with Gasteiger partial charge in [0, 0.05) is 5.75 Å². The summed E-state index contributed by atoms with van der Waals surface area (Å²) in [5.74, 6) is -0.955. The number of aryl methyl sites for hydroxylation is 3. The predicted octanol–water partition coefficient (Wildman–Crippen LogP) is 7.15. The van der Waals surface area contributed by atoms with E-state index in [4.69, 9.17) is 0 Å². The molecule has 1 unspecified atom stereocenters. The molecule has 0 spiro atoms. The van der Waals surface area contributed by atoms with Crippen molar-refractivity contribution in [1.29, 1.82) is 0 Å². The van der Waals surface area contributed by atoms with Crippen molar-refractivity contribution >= 4 is 62.0 Å². The molecule has 10 heteroatoms. The van der Waals surface area contributed by atoms with Crippen LogP contribution in [0.15, 0.2) is 82.4 Å². The molecule has 0 bridgehead atoms. The summed E-state index contributed by atoms with van der Waals surface area (Å²) in [6.07, 6.45) is 0. The van der Waals surface area contributed by atoms with Crippen LogP contribution in [0.4, 0.5) is 5.13 Å². The number of fused-ring (bicyclic) bond motifs is 1. The van der Waals surface area contributed by atoms with Crippen LogP contribution in [0.5, 0.6) is 0 Å². The number of nitrogens with zero attached hydrogens (tertiary/aromatic N) is 4. The summed E-state index contributed by atoms with van der Waals surface area (Å²) in [5.41, 5.74) is 3.67. The number of carbonyl (C=O) groups excluding carboxylic acids is 2. The standard InChI is InChI=1S/C30H24N4O3S3/c1-16-11-13-19(14-12-16)15-38-30-33-32-29(40-30)34-24(22-10-6-8-20-7-4-5-9-21(20)22)23(26(36)28(34)37)25(35)27-17(2)31-18(3)39-27/h4-14,24,36H,15H2,1-3H3. The van der Waals surface area contributed by atoms with Crippen LogP contribution in [0, 0.1) is 20.8 Å². The van der Waals surface area contributed by atoms with Crippen molar-refractivity contribution in [2.45, 2.75) is 36.9 Å². The van der Waals surface area contributed by atoms with Crippen LogP contribution in [0.1, 0.15) is 43.1 Å². The molecule has 0 fully saturated rings. The molecule has 3 heterocycles. The first-order chi connectivity index (χ1) is 19.3. The lowest BCUT2D eigenvalue weighted by molar-refractivity contribution is -0.117. The molecule has 1 atom stereocenters. The van der Waals surface area contributed by atoms with E-state index < -0.39 is 23.5 Å². The Hall–Kier alpha value is -3.86. The lowest BCUT2D eigenvalue weighted by Crippen LogP contribution is -2.31. The van der Waals surface area contributed by atoms with Crippen LogP contribution in [0.2, 0.25) is 0 Å². The molecule has 1 amide bonds. The number of amides is 1. The van der Waals surface area contributed by atoms with E-state index in [1.54, 1.807) is 6.92 Å². The van der Waals surface area contributed by atoms with E-state index in [0.717, 1.165) is 26.9 Å². The van der Waals surface area contributed by atoms with Gasteiger partial charge in [-0.2, -0.15) is 0 Å². The number of thiazole rings is 1. The summed E-state index contributed by atoms with van der Waals surface area (Å²) in [5, 5.41) is 22.8. The Morgan fingerprint density at radius 3 is 2.48 bits per heavy atom. The van der Waals surface area contributed by atoms with Crippen LogP contribution in [-0.2, 0) is 10.5 Å². The van der Waals surface area contributed by atoms with Crippen LogP contribution in [-0.4, -0.2) is 32.0 Å². The third-order valence-corrected chi connectivity index (χ3v) is 9.96. The van der Waals surface area contributed by atoms with Crippen LogP contribution < -0.4 is 4.90 Å². The van der Waals surface area contributed by atoms with Crippen molar-refractivity contribution in [2.24, 2.45) is 0 Å². The van der Waals surface area contributed by atoms with Gasteiger partial charge in [-0.1, -0.05) is 95.4 Å². The maximum atomic E-state index is 14.0. The minimum atomic E-state index is -0.879. The number of Topliss-reactive ketones (excluding diaryl/α,β-unsaturated/α-hetero) is 1. The number of benzene rings is 3. The zero-order valence-corrected chi connectivity index (χ0v) is 24.4. The molecule has 0 aliphatic carbocycles. The number of aliphatic hydroxyl groups excluding tert-OH is 1. The molecule has 1 N–H and O–H groups in total. The first-order valence-corrected chi connectivity index (χ1v) is 15.2. The van der Waals surface area contributed by atoms with Crippen molar-refractivity contribution in [3.8, 4) is 0 Å². The molecule has 1 aliphatic rings. The minimum Gasteiger partial charge on any atom is -0.503 e. The summed E-state index contributed by atoms with van der Waals surface area (Å²) in [6, 6.07) is 21.0. The Kier molecular flexibility index (Phi) is 6.99. The highest BCUT2D eigenvalue weighted by Crippen LogP contribution is 2.46. The highest BCUT2D eigenvalue weighted by atomic mass is 32.2. The van der Waals surface area contributed by atoms with Gasteiger partial charge in [-0.05, 0) is 42.7 Å². The molecular weight excluding hydrogens is 561 g/mol. The third kappa shape index (κ3) is 4.72. The number of hydrogen-bond acceptors (Lipinski definition) is 9. The Morgan fingerprint density at radius 2 is 1.73 bits per heavy atom. The largest absolute Gasteiger partial charge is 0.503 e. The topological polar surface area (TPSA) is 96.3 Å². The van der Waals surface area contributed by atoms with Gasteiger partial charge in [-0.3, -0.25) is 14.5 Å². The monoisotopic (exact) mass is 584 g/mol. The van der Waals surface area contributed by atoms with E-state index in [9.17, 15) is 14.7 Å². The van der Waals surface area contributed by atoms with E-state index in [-0.39, 0.29) is 5.57 Å². The second-order valence-corrected chi connectivity index (χ2v) is 12.9. The molecule has 2 aromatic heterocycles. The Bertz CT molecular complexity index is 1800. The number of rotatable bonds is 7. The molecule has 200 valence electrons. The second-order valence-electron chi connectivity index (χ2n) is 9.51. The first-order valence-electron chi connectivity index (χ1n) is 12.6. The van der Waals surface area contributed by atoms with Gasteiger partial charge in [0.05, 0.1) is 27.2 Å². The van der Waals surface area contributed by atoms with Gasteiger partial charge >= 0.3 is 0 Å². The highest BCUT2D eigenvalue weighted by molar-refractivity contribution is 8.00. The fourth-order valence-electron chi connectivity index (χ4n) is 4.87. The van der Waals surface area contributed by atoms with Gasteiger partial charge in [-0.15, -0.1) is 21.5 Å². The van der Waals surface area contributed by atoms with E-state index in [0.29, 0.717) is 25.8 Å². The Labute approximate surface area is 243 Å². The molecule has 40 heavy (non-hydrogen) atoms. The molecular formula is C30H24N4O3S3. The fraction of sp³-hybridized carbons (Fsp3) is 0.167. The number of aliphatic hydroxyl groups is 1. The van der Waals surface area contributed by atoms with E-state index in [1.807, 2.05) is 56.3 Å². The summed E-state index contributed by atoms with van der Waals surface area (Å²) >= 11 is 4.05. The molecule has 7 nitrogen and oxygen atoms in total. The fourth-order valence-corrected chi connectivity index (χ4v) is 7.57. The smallest absolute Gasteiger partial charge is 0.296 e. The zero-order valence-electron chi connectivity index (χ0n) is 21.9. The molecule has 5 aromatic rings. The average Bonchev–Trinajstić information content (AvgIpc) is 3.63. The quantitative estimate of drug-likeness (QED) is 0.123. The molecule has 0 saturated carbocycles. The number of carbonyl (C=O) groups is 2. The lowest BCUT2D eigenvalue weighted by Gasteiger charge is -2.25. The van der Waals surface area contributed by atoms with Crippen molar-refractivity contribution in [1.82, 2.24) is 15.2 Å². The minimum absolute atomic E-state index is 0.0251.